The number of benzene rings is 5. The number of H-pyrrole nitrogens is 1. The van der Waals surface area contributed by atoms with Crippen LogP contribution in [0.4, 0.5) is 0 Å². The molecule has 0 spiro atoms. The minimum absolute atomic E-state index is 0.0436. The molecule has 45 heteroatoms. The molecule has 0 aliphatic heterocycles. The zero-order chi connectivity index (χ0) is 110. The van der Waals surface area contributed by atoms with Crippen LogP contribution in [0.3, 0.4) is 0 Å². The van der Waals surface area contributed by atoms with Crippen molar-refractivity contribution in [3.05, 3.63) is 214 Å². The van der Waals surface area contributed by atoms with Gasteiger partial charge < -0.3 is 86.8 Å². The number of Topliss-reactive ketones (excluding diaryl/α,β-unsaturated/α-hetero) is 3. The number of hydrogen-bond donors (Lipinski definition) is 14. The Kier molecular flexibility index (Phi) is 50.3. The van der Waals surface area contributed by atoms with Crippen molar-refractivity contribution in [3.63, 3.8) is 0 Å². The van der Waals surface area contributed by atoms with E-state index >= 15 is 0 Å². The average Bonchev–Trinajstić information content (AvgIpc) is 1.67. The monoisotopic (exact) mass is 2110 g/mol. The number of nitrogens with one attached hydrogen (secondary N) is 7. The first-order chi connectivity index (χ1) is 68.9. The number of ether oxygens (including phenoxy) is 3. The molecule has 1 heterocycles. The first kappa shape index (κ1) is 123. The minimum Gasteiger partial charge on any atom is -0.481 e. The zero-order valence-corrected chi connectivity index (χ0v) is 84.9. The first-order valence-electron chi connectivity index (χ1n) is 46.7. The summed E-state index contributed by atoms with van der Waals surface area (Å²) in [5, 5.41) is 83.6. The van der Waals surface area contributed by atoms with Crippen molar-refractivity contribution in [2.24, 2.45) is 59.2 Å². The van der Waals surface area contributed by atoms with Gasteiger partial charge in [-0.1, -0.05) is 193 Å². The minimum atomic E-state index is -3.65. The lowest BCUT2D eigenvalue weighted by Crippen LogP contribution is -2.50. The molecule has 0 saturated heterocycles. The van der Waals surface area contributed by atoms with Gasteiger partial charge in [0, 0.05) is 102 Å². The van der Waals surface area contributed by atoms with Crippen LogP contribution in [0.1, 0.15) is 165 Å². The van der Waals surface area contributed by atoms with Gasteiger partial charge in [-0.25, -0.2) is 25.3 Å². The lowest BCUT2D eigenvalue weighted by atomic mass is 9.83. The summed E-state index contributed by atoms with van der Waals surface area (Å²) in [7, 11) is -10.9. The van der Waals surface area contributed by atoms with E-state index in [9.17, 15) is 152 Å². The van der Waals surface area contributed by atoms with E-state index in [1.165, 1.54) is 0 Å². The summed E-state index contributed by atoms with van der Waals surface area (Å²) in [5.74, 6) is -27.7. The third-order valence-corrected chi connectivity index (χ3v) is 25.2. The number of aromatic nitrogens is 1. The van der Waals surface area contributed by atoms with Crippen LogP contribution >= 0.6 is 0 Å². The quantitative estimate of drug-likeness (QED) is 0.0131. The van der Waals surface area contributed by atoms with Crippen molar-refractivity contribution in [3.8, 4) is 0 Å². The molecule has 0 radical (unpaired) electrons. The average molecular weight is 2110 g/mol. The number of hydrogen-bond acceptors (Lipinski definition) is 28. The first-order valence-corrected chi connectivity index (χ1v) is 52.6. The number of para-hydroxylation sites is 1. The molecule has 42 nitrogen and oxygen atoms in total. The second-order valence-electron chi connectivity index (χ2n) is 36.7. The van der Waals surface area contributed by atoms with Gasteiger partial charge in [0.15, 0.2) is 46.9 Å². The normalized spacial score (nSPS) is 14.5. The molecule has 798 valence electrons. The number of fused-ring (bicyclic) bond motifs is 2. The van der Waals surface area contributed by atoms with E-state index in [4.69, 9.17) is 14.2 Å². The molecule has 6 amide bonds. The molecule has 0 fully saturated rings. The molecule has 6 aromatic rings. The molecule has 0 saturated carbocycles. The van der Waals surface area contributed by atoms with Crippen molar-refractivity contribution >= 4 is 153 Å². The Morgan fingerprint density at radius 2 is 0.646 bits per heavy atom. The van der Waals surface area contributed by atoms with E-state index in [-0.39, 0.29) is 32.7 Å². The van der Waals surface area contributed by atoms with Crippen LogP contribution in [-0.4, -0.2) is 233 Å². The van der Waals surface area contributed by atoms with Crippen molar-refractivity contribution in [1.29, 1.82) is 0 Å². The van der Waals surface area contributed by atoms with E-state index in [1.54, 1.807) is 145 Å². The summed E-state index contributed by atoms with van der Waals surface area (Å²) >= 11 is 0. The highest BCUT2D eigenvalue weighted by Crippen LogP contribution is 2.33. The van der Waals surface area contributed by atoms with Crippen molar-refractivity contribution < 1.29 is 166 Å². The summed E-state index contributed by atoms with van der Waals surface area (Å²) < 4.78 is 85.3. The number of sulfone groups is 3. The Balaban J connectivity index is 0.000000388. The van der Waals surface area contributed by atoms with Gasteiger partial charge in [-0.3, -0.25) is 91.1 Å². The van der Waals surface area contributed by atoms with Gasteiger partial charge in [-0.05, 0) is 82.4 Å². The van der Waals surface area contributed by atoms with E-state index in [0.717, 1.165) is 75.2 Å². The number of aromatic amines is 1. The molecule has 1 aliphatic rings. The SMILES string of the molecule is CC(C)[C@H](CC(=O)[C@@H](NC(=O)[C@H](CC(=O)O)CC(=O)OCc1ccccc1)C1Cc2ccccc2C1)C(=O)N[C@H](/C=C/S(C)(=O)=O)CC(=O)O.CC(C)[C@H](CC(=O)[C@H](CCC(=O)O)NC(=O)[C@H](CC(=O)O)CC(=O)OCc1ccccc1)C(=O)N[C@H](/C=C/S(C)(=O)=O)CC(=O)O.CC(C)[C@H](CC(=O)[C@H](Cc1c[nH]c2ccccc12)NC(=O)[C@H](CC(=O)O)CC(=O)OCc1ccccc1)C(=O)N[C@H](/C=C/S(C)(=O)=O)CC(=O)O. The van der Waals surface area contributed by atoms with Gasteiger partial charge in [-0.15, -0.1) is 0 Å². The second kappa shape index (κ2) is 60.2. The summed E-state index contributed by atoms with van der Waals surface area (Å²) in [4.78, 5) is 243. The Hall–Kier alpha value is -14.8. The summed E-state index contributed by atoms with van der Waals surface area (Å²) in [6.07, 6.45) is 0.143. The number of ketones is 3. The fraction of sp³-hybridized carbons (Fsp3) is 0.441. The van der Waals surface area contributed by atoms with Crippen molar-refractivity contribution in [1.82, 2.24) is 36.9 Å². The topological polar surface area (TPSA) is 684 Å². The molecule has 5 aromatic carbocycles. The van der Waals surface area contributed by atoms with Gasteiger partial charge in [0.1, 0.15) is 19.8 Å². The number of aliphatic carboxylic acids is 7. The highest BCUT2D eigenvalue weighted by atomic mass is 32.2. The molecule has 1 aliphatic carbocycles. The van der Waals surface area contributed by atoms with Gasteiger partial charge in [-0.2, -0.15) is 0 Å². The highest BCUT2D eigenvalue weighted by Gasteiger charge is 2.42. The number of carbonyl (C=O) groups is 19. The van der Waals surface area contributed by atoms with Crippen molar-refractivity contribution in [2.45, 2.75) is 207 Å². The zero-order valence-electron chi connectivity index (χ0n) is 82.5. The molecule has 0 bridgehead atoms. The van der Waals surface area contributed by atoms with Gasteiger partial charge in [0.05, 0.1) is 112 Å². The summed E-state index contributed by atoms with van der Waals surface area (Å²) in [6.45, 7) is 9.63. The maximum atomic E-state index is 14.1. The Morgan fingerprint density at radius 1 is 0.347 bits per heavy atom. The Labute approximate surface area is 849 Å². The van der Waals surface area contributed by atoms with Crippen LogP contribution in [0.15, 0.2) is 180 Å². The Bertz CT molecular complexity index is 6060. The maximum Gasteiger partial charge on any atom is 0.306 e. The smallest absolute Gasteiger partial charge is 0.306 e. The number of rotatable bonds is 60. The van der Waals surface area contributed by atoms with E-state index in [0.29, 0.717) is 35.1 Å². The number of carbonyl (C=O) groups excluding carboxylic acids is 12. The molecule has 0 unspecified atom stereocenters. The lowest BCUT2D eigenvalue weighted by Gasteiger charge is -2.28. The van der Waals surface area contributed by atoms with E-state index in [2.05, 4.69) is 36.9 Å². The Morgan fingerprint density at radius 3 is 0.966 bits per heavy atom. The molecule has 1 aromatic heterocycles. The summed E-state index contributed by atoms with van der Waals surface area (Å²) in [6, 6.07) is 33.4. The fourth-order valence-corrected chi connectivity index (χ4v) is 16.9. The van der Waals surface area contributed by atoms with Gasteiger partial charge >= 0.3 is 59.7 Å². The predicted molar refractivity (Wildman–Crippen MR) is 530 cm³/mol. The van der Waals surface area contributed by atoms with Crippen LogP contribution < -0.4 is 31.9 Å². The van der Waals surface area contributed by atoms with Crippen LogP contribution in [-0.2, 0) is 174 Å². The molecular weight excluding hydrogens is 1980 g/mol. The number of esters is 3. The van der Waals surface area contributed by atoms with Crippen LogP contribution in [0.2, 0.25) is 0 Å². The van der Waals surface area contributed by atoms with Gasteiger partial charge in [0.25, 0.3) is 0 Å². The highest BCUT2D eigenvalue weighted by molar-refractivity contribution is 7.94. The van der Waals surface area contributed by atoms with Crippen LogP contribution in [0.5, 0.6) is 0 Å². The predicted octanol–water partition coefficient (Wildman–Crippen LogP) is 7.34. The summed E-state index contributed by atoms with van der Waals surface area (Å²) in [5.41, 5.74) is 5.42. The largest absolute Gasteiger partial charge is 0.481 e. The standard InChI is InChI=1S/C36H43N3O11S.C36H44N2O11S.C30H40N2O13S/c1-22(2)28(36(47)38-26(18-33(43)44)13-14-51(3,48)49)19-31(40)30(15-25-20-37-29-12-8-7-11-27(25)29)39-35(46)24(16-32(41)42)17-34(45)50-21-23-9-5-4-6-10-23;1-22(2)29(36(46)37-28(19-32(42)43)13-14-50(3,47)48)20-30(39)34(26-15-24-11-7-8-12-25(24)16-26)38-35(45)27(17-31(40)41)18-33(44)49-21-23-9-5-4-6-10-23;1-18(2)22(30(42)31-21(15-27(38)39)11-12-46(3,43)44)16-24(33)23(9-10-25(34)35)32-29(41)20(13-26(36)37)14-28(40)45-17-19-7-5-4-6-8-19/h4-14,20,22,24,26,28,30,37H,15-19,21H2,1-3H3,(H,38,47)(H,39,46)(H,41,42)(H,43,44);4-14,22,26-29,34H,15-21H2,1-3H3,(H,37,46)(H,38,45)(H,40,41)(H,42,43);4-8,11-12,18,20-23H,9-10,13-17H2,1-3H3,(H,31,42)(H,32,41)(H,34,35)(H,36,37)(H,38,39)/b2*14-13+;12-11+/t24-,26-,28+,30+;27-,28-,29+,34+;20-,21-,22+,23+/m111/s1. The molecule has 147 heavy (non-hydrogen) atoms. The molecule has 12 atom stereocenters. The lowest BCUT2D eigenvalue weighted by molar-refractivity contribution is -0.151. The fourth-order valence-electron chi connectivity index (χ4n) is 15.5. The maximum absolute atomic E-state index is 14.1. The van der Waals surface area contributed by atoms with Crippen LogP contribution in [0, 0.1) is 59.2 Å². The third kappa shape index (κ3) is 47.8. The third-order valence-electron chi connectivity index (χ3n) is 23.2. The number of carboxylic acids is 7. The second-order valence-corrected chi connectivity index (χ2v) is 42.4. The van der Waals surface area contributed by atoms with Crippen LogP contribution in [0.25, 0.3) is 10.9 Å². The molecule has 14 N–H and O–H groups in total. The molecular formula is C102H127N7O35S3. The van der Waals surface area contributed by atoms with E-state index < -0.39 is 321 Å². The van der Waals surface area contributed by atoms with Gasteiger partial charge in [0.2, 0.25) is 35.4 Å². The van der Waals surface area contributed by atoms with Crippen molar-refractivity contribution in [2.75, 3.05) is 18.8 Å². The van der Waals surface area contributed by atoms with E-state index in [1.807, 2.05) is 42.5 Å². The number of amides is 6. The number of carboxylic acid groups (broad SMARTS) is 7. The molecule has 7 rings (SSSR count).